The monoisotopic (exact) mass is 540 g/mol. The molecule has 5 N–H and O–H groups in total. The maximum absolute atomic E-state index is 13.2. The van der Waals surface area contributed by atoms with Crippen molar-refractivity contribution < 1.29 is 24.0 Å². The number of amides is 4. The summed E-state index contributed by atoms with van der Waals surface area (Å²) in [4.78, 5) is 64.5. The van der Waals surface area contributed by atoms with Gasteiger partial charge in [-0.05, 0) is 43.4 Å². The Labute approximate surface area is 229 Å². The molecule has 0 aromatic heterocycles. The summed E-state index contributed by atoms with van der Waals surface area (Å²) in [6.07, 6.45) is 3.44. The van der Waals surface area contributed by atoms with E-state index < -0.39 is 58.9 Å². The third-order valence-corrected chi connectivity index (χ3v) is 6.22. The van der Waals surface area contributed by atoms with E-state index in [9.17, 15) is 24.0 Å². The van der Waals surface area contributed by atoms with Gasteiger partial charge in [-0.25, -0.2) is 0 Å². The predicted molar refractivity (Wildman–Crippen MR) is 147 cm³/mol. The Kier molecular flexibility index (Phi) is 10.4. The number of carbonyl (C=O) groups is 5. The van der Waals surface area contributed by atoms with Crippen LogP contribution in [0.25, 0.3) is 0 Å². The Bertz CT molecular complexity index is 1150. The molecule has 0 saturated heterocycles. The first kappa shape index (κ1) is 31.1. The van der Waals surface area contributed by atoms with E-state index in [1.807, 2.05) is 0 Å². The number of nitrogens with one attached hydrogen (secondary N) is 5. The van der Waals surface area contributed by atoms with E-state index in [-0.39, 0.29) is 0 Å². The van der Waals surface area contributed by atoms with Crippen LogP contribution in [0, 0.1) is 11.3 Å². The maximum atomic E-state index is 13.2. The van der Waals surface area contributed by atoms with E-state index in [0.29, 0.717) is 17.0 Å². The third kappa shape index (κ3) is 8.42. The molecule has 0 bridgehead atoms. The second kappa shape index (κ2) is 13.1. The smallest absolute Gasteiger partial charge is 0.293 e. The topological polar surface area (TPSA) is 149 Å². The zero-order valence-electron chi connectivity index (χ0n) is 23.8. The molecule has 3 atom stereocenters. The van der Waals surface area contributed by atoms with E-state index in [1.54, 1.807) is 96.2 Å². The lowest BCUT2D eigenvalue weighted by Gasteiger charge is -2.31. The minimum atomic E-state index is -1.11. The van der Waals surface area contributed by atoms with Crippen LogP contribution in [-0.2, 0) is 19.2 Å². The molecular weight excluding hydrogens is 500 g/mol. The van der Waals surface area contributed by atoms with E-state index in [0.717, 1.165) is 0 Å². The summed E-state index contributed by atoms with van der Waals surface area (Å²) in [6, 6.07) is 5.41. The van der Waals surface area contributed by atoms with Crippen molar-refractivity contribution in [3.8, 4) is 0 Å². The van der Waals surface area contributed by atoms with Crippen LogP contribution in [-0.4, -0.2) is 59.6 Å². The van der Waals surface area contributed by atoms with Crippen LogP contribution in [0.4, 0.5) is 0 Å². The van der Waals surface area contributed by atoms with Crippen molar-refractivity contribution in [1.29, 1.82) is 0 Å². The summed E-state index contributed by atoms with van der Waals surface area (Å²) >= 11 is 0. The number of rotatable bonds is 10. The molecule has 3 unspecified atom stereocenters. The number of nitrogens with zero attached hydrogens (tertiary/aromatic N) is 1. The molecule has 1 heterocycles. The molecule has 1 aromatic rings. The molecule has 4 amide bonds. The van der Waals surface area contributed by atoms with Crippen molar-refractivity contribution in [2.24, 2.45) is 11.3 Å². The normalized spacial score (nSPS) is 16.5. The van der Waals surface area contributed by atoms with Crippen molar-refractivity contribution in [3.63, 3.8) is 0 Å². The SMILES string of the molecule is CC(NC(=O)C(=O)C(NC(=O)C(C)NC(=O)C(NC(=O)c1ccccc1)C(C)(C)C)C(C)C)=C1C=CNN1C. The largest absolute Gasteiger partial charge is 0.344 e. The number of ketones is 1. The van der Waals surface area contributed by atoms with Gasteiger partial charge in [0.1, 0.15) is 12.1 Å². The van der Waals surface area contributed by atoms with E-state index in [4.69, 9.17) is 0 Å². The van der Waals surface area contributed by atoms with Crippen molar-refractivity contribution >= 4 is 29.4 Å². The van der Waals surface area contributed by atoms with Crippen molar-refractivity contribution in [2.75, 3.05) is 7.05 Å². The number of carbonyl (C=O) groups excluding carboxylic acids is 5. The highest BCUT2D eigenvalue weighted by Gasteiger charge is 2.36. The summed E-state index contributed by atoms with van der Waals surface area (Å²) in [5, 5.41) is 12.2. The van der Waals surface area contributed by atoms with E-state index in [1.165, 1.54) is 6.92 Å². The van der Waals surface area contributed by atoms with Crippen molar-refractivity contribution in [1.82, 2.24) is 31.7 Å². The van der Waals surface area contributed by atoms with Crippen LogP contribution in [0.15, 0.2) is 54.0 Å². The van der Waals surface area contributed by atoms with Gasteiger partial charge in [0.2, 0.25) is 17.6 Å². The summed E-state index contributed by atoms with van der Waals surface area (Å²) in [6.45, 7) is 11.9. The first-order chi connectivity index (χ1) is 18.1. The number of benzene rings is 1. The molecule has 11 nitrogen and oxygen atoms in total. The van der Waals surface area contributed by atoms with Gasteiger partial charge in [0.05, 0.1) is 11.7 Å². The molecule has 1 aromatic carbocycles. The van der Waals surface area contributed by atoms with Crippen LogP contribution in [0.2, 0.25) is 0 Å². The van der Waals surface area contributed by atoms with Gasteiger partial charge in [-0.3, -0.25) is 29.0 Å². The molecule has 0 spiro atoms. The fourth-order valence-electron chi connectivity index (χ4n) is 3.88. The second-order valence-electron chi connectivity index (χ2n) is 10.9. The highest BCUT2D eigenvalue weighted by atomic mass is 16.2. The van der Waals surface area contributed by atoms with Crippen molar-refractivity contribution in [2.45, 2.75) is 66.6 Å². The van der Waals surface area contributed by atoms with Crippen LogP contribution in [0.5, 0.6) is 0 Å². The van der Waals surface area contributed by atoms with Gasteiger partial charge in [0.25, 0.3) is 11.8 Å². The average Bonchev–Trinajstić information content (AvgIpc) is 3.30. The molecule has 39 heavy (non-hydrogen) atoms. The average molecular weight is 541 g/mol. The first-order valence-electron chi connectivity index (χ1n) is 12.8. The predicted octanol–water partition coefficient (Wildman–Crippen LogP) is 1.36. The number of allylic oxidation sites excluding steroid dienone is 2. The molecule has 1 aliphatic rings. The van der Waals surface area contributed by atoms with Gasteiger partial charge in [0, 0.05) is 24.5 Å². The van der Waals surface area contributed by atoms with E-state index >= 15 is 0 Å². The lowest BCUT2D eigenvalue weighted by Crippen LogP contribution is -2.59. The summed E-state index contributed by atoms with van der Waals surface area (Å²) in [5.41, 5.74) is 3.82. The maximum Gasteiger partial charge on any atom is 0.293 e. The minimum absolute atomic E-state index is 0.397. The Hall–Kier alpha value is -4.15. The fraction of sp³-hybridized carbons (Fsp3) is 0.464. The van der Waals surface area contributed by atoms with E-state index in [2.05, 4.69) is 26.7 Å². The third-order valence-electron chi connectivity index (χ3n) is 6.22. The molecule has 0 saturated carbocycles. The summed E-state index contributed by atoms with van der Waals surface area (Å²) in [5.74, 6) is -3.67. The zero-order valence-corrected chi connectivity index (χ0v) is 23.8. The standard InChI is InChI=1S/C28H40N6O5/c1-16(2)21(22(35)26(38)30-17(3)20-14-15-29-34(20)8)32-24(36)18(4)31-27(39)23(28(5,6)7)33-25(37)19-12-10-9-11-13-19/h9-16,18,21,23,29H,1-8H3,(H,30,38)(H,31,39)(H,32,36)(H,33,37). The van der Waals surface area contributed by atoms with Gasteiger partial charge < -0.3 is 26.7 Å². The first-order valence-corrected chi connectivity index (χ1v) is 12.8. The number of hydrogen-bond donors (Lipinski definition) is 5. The van der Waals surface area contributed by atoms with Crippen molar-refractivity contribution in [3.05, 3.63) is 59.6 Å². The summed E-state index contributed by atoms with van der Waals surface area (Å²) in [7, 11) is 1.76. The van der Waals surface area contributed by atoms with Gasteiger partial charge in [-0.15, -0.1) is 0 Å². The molecule has 0 fully saturated rings. The zero-order chi connectivity index (χ0) is 29.5. The minimum Gasteiger partial charge on any atom is -0.344 e. The van der Waals surface area contributed by atoms with Gasteiger partial charge in [0.15, 0.2) is 0 Å². The lowest BCUT2D eigenvalue weighted by atomic mass is 9.85. The number of Topliss-reactive ketones (excluding diaryl/α,β-unsaturated/α-hetero) is 1. The summed E-state index contributed by atoms with van der Waals surface area (Å²) < 4.78 is 0. The number of likely N-dealkylation sites (N-methyl/N-ethyl adjacent to an activating group) is 1. The Morgan fingerprint density at radius 1 is 0.897 bits per heavy atom. The Balaban J connectivity index is 2.07. The molecule has 0 radical (unpaired) electrons. The van der Waals surface area contributed by atoms with Gasteiger partial charge in [-0.1, -0.05) is 52.8 Å². The van der Waals surface area contributed by atoms with Gasteiger partial charge in [-0.2, -0.15) is 0 Å². The fourth-order valence-corrected chi connectivity index (χ4v) is 3.88. The molecule has 0 aliphatic carbocycles. The Morgan fingerprint density at radius 3 is 2.03 bits per heavy atom. The van der Waals surface area contributed by atoms with Gasteiger partial charge >= 0.3 is 0 Å². The second-order valence-corrected chi connectivity index (χ2v) is 10.9. The number of hydrazine groups is 1. The van der Waals surface area contributed by atoms with Crippen LogP contribution in [0.1, 0.15) is 58.8 Å². The molecule has 212 valence electrons. The molecule has 1 aliphatic heterocycles. The van der Waals surface area contributed by atoms with Crippen LogP contribution >= 0.6 is 0 Å². The highest BCUT2D eigenvalue weighted by Crippen LogP contribution is 2.20. The molecular formula is C28H40N6O5. The number of hydrogen-bond acceptors (Lipinski definition) is 7. The molecule has 2 rings (SSSR count). The van der Waals surface area contributed by atoms with Crippen LogP contribution in [0.3, 0.4) is 0 Å². The van der Waals surface area contributed by atoms with Crippen LogP contribution < -0.4 is 26.7 Å². The molecule has 11 heteroatoms. The highest BCUT2D eigenvalue weighted by molar-refractivity contribution is 6.38. The lowest BCUT2D eigenvalue weighted by molar-refractivity contribution is -0.140. The Morgan fingerprint density at radius 2 is 1.51 bits per heavy atom. The quantitative estimate of drug-likeness (QED) is 0.281.